The molecule has 0 aromatic heterocycles. The van der Waals surface area contributed by atoms with Gasteiger partial charge in [-0.15, -0.1) is 0 Å². The molecule has 6 aromatic rings. The molecule has 0 saturated heterocycles. The largest absolute Gasteiger partial charge is 0.453 e. The van der Waals surface area contributed by atoms with Crippen LogP contribution in [0.25, 0.3) is 23.3 Å². The Balaban J connectivity index is 1.15. The van der Waals surface area contributed by atoms with Gasteiger partial charge in [0.2, 0.25) is 0 Å². The zero-order valence-corrected chi connectivity index (χ0v) is 27.0. The highest BCUT2D eigenvalue weighted by molar-refractivity contribution is 5.84. The van der Waals surface area contributed by atoms with E-state index in [1.54, 1.807) is 0 Å². The van der Waals surface area contributed by atoms with Crippen molar-refractivity contribution >= 4 is 34.7 Å². The van der Waals surface area contributed by atoms with Crippen LogP contribution in [0, 0.1) is 0 Å². The normalized spacial score (nSPS) is 11.9. The van der Waals surface area contributed by atoms with E-state index in [0.717, 1.165) is 40.5 Å². The number of benzene rings is 6. The number of hydrogen-bond acceptors (Lipinski definition) is 2. The molecule has 0 N–H and O–H groups in total. The van der Waals surface area contributed by atoms with Crippen LogP contribution in [0.1, 0.15) is 40.3 Å². The van der Waals surface area contributed by atoms with E-state index in [-0.39, 0.29) is 0 Å². The third-order valence-corrected chi connectivity index (χ3v) is 8.53. The van der Waals surface area contributed by atoms with E-state index in [9.17, 15) is 0 Å². The van der Waals surface area contributed by atoms with Crippen LogP contribution in [0.5, 0.6) is 11.5 Å². The summed E-state index contributed by atoms with van der Waals surface area (Å²) in [4.78, 5) is 2.32. The summed E-state index contributed by atoms with van der Waals surface area (Å²) in [5.74, 6) is 1.72. The van der Waals surface area contributed by atoms with Gasteiger partial charge in [-0.3, -0.25) is 0 Å². The Morgan fingerprint density at radius 3 is 1.17 bits per heavy atom. The van der Waals surface area contributed by atoms with Crippen LogP contribution in [0.15, 0.2) is 182 Å². The van der Waals surface area contributed by atoms with E-state index in [1.165, 1.54) is 33.4 Å². The number of fused-ring (bicyclic) bond motifs is 2. The Morgan fingerprint density at radius 2 is 0.833 bits per heavy atom. The summed E-state index contributed by atoms with van der Waals surface area (Å²) < 4.78 is 6.58. The SMILES string of the molecule is CCN1c2ccc(C=CC=C(c3ccccc3)c3ccccc3)cc2Oc2cc(C=CC=C(c3ccccc3)c3ccccc3)ccc21. The van der Waals surface area contributed by atoms with Crippen LogP contribution < -0.4 is 9.64 Å². The van der Waals surface area contributed by atoms with E-state index < -0.39 is 0 Å². The van der Waals surface area contributed by atoms with Crippen LogP contribution in [0.4, 0.5) is 11.4 Å². The zero-order valence-electron chi connectivity index (χ0n) is 27.0. The third-order valence-electron chi connectivity index (χ3n) is 8.53. The highest BCUT2D eigenvalue weighted by atomic mass is 16.5. The second-order valence-corrected chi connectivity index (χ2v) is 11.6. The molecule has 0 amide bonds. The molecule has 0 saturated carbocycles. The summed E-state index contributed by atoms with van der Waals surface area (Å²) in [5, 5.41) is 0. The second kappa shape index (κ2) is 14.5. The Morgan fingerprint density at radius 1 is 0.479 bits per heavy atom. The van der Waals surface area contributed by atoms with Crippen molar-refractivity contribution in [2.45, 2.75) is 6.92 Å². The first-order chi connectivity index (χ1) is 23.8. The van der Waals surface area contributed by atoms with Gasteiger partial charge in [-0.25, -0.2) is 0 Å². The lowest BCUT2D eigenvalue weighted by atomic mass is 9.97. The van der Waals surface area contributed by atoms with Crippen LogP contribution in [0.2, 0.25) is 0 Å². The summed E-state index contributed by atoms with van der Waals surface area (Å²) in [6.45, 7) is 3.02. The molecule has 0 atom stereocenters. The van der Waals surface area contributed by atoms with Crippen molar-refractivity contribution in [3.05, 3.63) is 215 Å². The summed E-state index contributed by atoms with van der Waals surface area (Å²) in [6, 6.07) is 55.0. The second-order valence-electron chi connectivity index (χ2n) is 11.6. The molecule has 6 aromatic carbocycles. The van der Waals surface area contributed by atoms with Gasteiger partial charge in [0.15, 0.2) is 11.5 Å². The first-order valence-corrected chi connectivity index (χ1v) is 16.5. The van der Waals surface area contributed by atoms with E-state index in [0.29, 0.717) is 0 Å². The maximum absolute atomic E-state index is 6.58. The minimum atomic E-state index is 0.841. The molecule has 232 valence electrons. The van der Waals surface area contributed by atoms with Crippen LogP contribution >= 0.6 is 0 Å². The van der Waals surface area contributed by atoms with Gasteiger partial charge in [0.25, 0.3) is 0 Å². The van der Waals surface area contributed by atoms with E-state index >= 15 is 0 Å². The molecule has 2 nitrogen and oxygen atoms in total. The van der Waals surface area contributed by atoms with Crippen molar-refractivity contribution in [1.82, 2.24) is 0 Å². The number of allylic oxidation sites excluding steroid dienone is 4. The predicted octanol–water partition coefficient (Wildman–Crippen LogP) is 12.2. The highest BCUT2D eigenvalue weighted by Gasteiger charge is 2.23. The van der Waals surface area contributed by atoms with Gasteiger partial charge >= 0.3 is 0 Å². The van der Waals surface area contributed by atoms with Crippen molar-refractivity contribution in [2.24, 2.45) is 0 Å². The van der Waals surface area contributed by atoms with Gasteiger partial charge in [-0.05, 0) is 75.7 Å². The molecule has 0 radical (unpaired) electrons. The predicted molar refractivity (Wildman–Crippen MR) is 204 cm³/mol. The van der Waals surface area contributed by atoms with Crippen LogP contribution in [0.3, 0.4) is 0 Å². The minimum absolute atomic E-state index is 0.841. The van der Waals surface area contributed by atoms with Gasteiger partial charge < -0.3 is 9.64 Å². The maximum Gasteiger partial charge on any atom is 0.151 e. The molecule has 0 fully saturated rings. The molecule has 0 unspecified atom stereocenters. The minimum Gasteiger partial charge on any atom is -0.453 e. The molecule has 48 heavy (non-hydrogen) atoms. The molecular weight excluding hydrogens is 583 g/mol. The van der Waals surface area contributed by atoms with Crippen molar-refractivity contribution in [3.63, 3.8) is 0 Å². The number of ether oxygens (including phenoxy) is 1. The third kappa shape index (κ3) is 6.84. The lowest BCUT2D eigenvalue weighted by Crippen LogP contribution is -2.20. The number of hydrogen-bond donors (Lipinski definition) is 0. The number of rotatable bonds is 9. The molecule has 0 spiro atoms. The molecule has 7 rings (SSSR count). The fraction of sp³-hybridized carbons (Fsp3) is 0.0435. The average molecular weight is 620 g/mol. The smallest absolute Gasteiger partial charge is 0.151 e. The monoisotopic (exact) mass is 619 g/mol. The summed E-state index contributed by atoms with van der Waals surface area (Å²) >= 11 is 0. The Hall–Kier alpha value is -6.12. The summed E-state index contributed by atoms with van der Waals surface area (Å²) in [5.41, 5.74) is 11.4. The summed E-state index contributed by atoms with van der Waals surface area (Å²) in [7, 11) is 0. The molecule has 1 heterocycles. The molecule has 2 heteroatoms. The molecule has 0 bridgehead atoms. The van der Waals surface area contributed by atoms with Crippen LogP contribution in [-0.4, -0.2) is 6.54 Å². The van der Waals surface area contributed by atoms with Gasteiger partial charge in [0.05, 0.1) is 11.4 Å². The molecule has 1 aliphatic rings. The molecular formula is C46H37NO. The molecule has 1 aliphatic heterocycles. The van der Waals surface area contributed by atoms with Crippen molar-refractivity contribution < 1.29 is 4.74 Å². The number of anilines is 2. The van der Waals surface area contributed by atoms with E-state index in [2.05, 4.69) is 206 Å². The van der Waals surface area contributed by atoms with Crippen molar-refractivity contribution in [3.8, 4) is 11.5 Å². The average Bonchev–Trinajstić information content (AvgIpc) is 3.15. The van der Waals surface area contributed by atoms with Crippen LogP contribution in [-0.2, 0) is 0 Å². The zero-order chi connectivity index (χ0) is 32.5. The van der Waals surface area contributed by atoms with Crippen molar-refractivity contribution in [2.75, 3.05) is 11.4 Å². The standard InChI is InChI=1S/C46H37NO/c1-2-47-43-31-29-35(17-15-27-41(37-19-7-3-8-20-37)38-21-9-4-10-22-38)33-45(43)48-46-34-36(30-32-44(46)47)18-16-28-42(39-23-11-5-12-24-39)40-25-13-6-14-26-40/h3-34H,2H2,1H3. The highest BCUT2D eigenvalue weighted by Crippen LogP contribution is 2.47. The topological polar surface area (TPSA) is 12.5 Å². The van der Waals surface area contributed by atoms with Gasteiger partial charge in [0, 0.05) is 6.54 Å². The fourth-order valence-corrected chi connectivity index (χ4v) is 6.17. The summed E-state index contributed by atoms with van der Waals surface area (Å²) in [6.07, 6.45) is 12.9. The Labute approximate surface area is 283 Å². The molecule has 0 aliphatic carbocycles. The Bertz CT molecular complexity index is 1870. The first-order valence-electron chi connectivity index (χ1n) is 16.5. The van der Waals surface area contributed by atoms with E-state index in [4.69, 9.17) is 4.74 Å². The number of nitrogens with zero attached hydrogens (tertiary/aromatic N) is 1. The lowest BCUT2D eigenvalue weighted by molar-refractivity contribution is 0.473. The maximum atomic E-state index is 6.58. The van der Waals surface area contributed by atoms with Gasteiger partial charge in [-0.2, -0.15) is 0 Å². The quantitative estimate of drug-likeness (QED) is 0.149. The first kappa shape index (κ1) is 30.5. The van der Waals surface area contributed by atoms with E-state index in [1.807, 2.05) is 0 Å². The van der Waals surface area contributed by atoms with Crippen molar-refractivity contribution in [1.29, 1.82) is 0 Å². The lowest BCUT2D eigenvalue weighted by Gasteiger charge is -2.32. The van der Waals surface area contributed by atoms with Gasteiger partial charge in [-0.1, -0.05) is 170 Å². The fourth-order valence-electron chi connectivity index (χ4n) is 6.17. The van der Waals surface area contributed by atoms with Gasteiger partial charge in [0.1, 0.15) is 0 Å². The Kier molecular flexibility index (Phi) is 9.25.